The summed E-state index contributed by atoms with van der Waals surface area (Å²) in [5, 5.41) is 2.88. The second kappa shape index (κ2) is 6.55. The summed E-state index contributed by atoms with van der Waals surface area (Å²) in [6, 6.07) is 7.98. The highest BCUT2D eigenvalue weighted by atomic mass is 16.2. The number of hydrogen-bond donors (Lipinski definition) is 1. The van der Waals surface area contributed by atoms with Gasteiger partial charge in [0.1, 0.15) is 0 Å². The van der Waals surface area contributed by atoms with E-state index in [2.05, 4.69) is 11.4 Å². The predicted octanol–water partition coefficient (Wildman–Crippen LogP) is 2.13. The summed E-state index contributed by atoms with van der Waals surface area (Å²) in [6.07, 6.45) is 1.90. The molecule has 0 spiro atoms. The van der Waals surface area contributed by atoms with Crippen molar-refractivity contribution in [1.82, 2.24) is 5.32 Å². The van der Waals surface area contributed by atoms with Crippen LogP contribution in [-0.2, 0) is 16.0 Å². The summed E-state index contributed by atoms with van der Waals surface area (Å²) >= 11 is 0. The zero-order valence-electron chi connectivity index (χ0n) is 12.2. The Labute approximate surface area is 120 Å². The summed E-state index contributed by atoms with van der Waals surface area (Å²) in [4.78, 5) is 25.4. The molecule has 20 heavy (non-hydrogen) atoms. The molecule has 1 aromatic carbocycles. The Balaban J connectivity index is 1.92. The van der Waals surface area contributed by atoms with Gasteiger partial charge in [0.25, 0.3) is 0 Å². The second-order valence-electron chi connectivity index (χ2n) is 5.62. The lowest BCUT2D eigenvalue weighted by molar-refractivity contribution is -0.122. The van der Waals surface area contributed by atoms with Crippen LogP contribution in [0.25, 0.3) is 0 Å². The molecule has 0 bridgehead atoms. The molecule has 1 N–H and O–H groups in total. The van der Waals surface area contributed by atoms with Crippen LogP contribution < -0.4 is 10.2 Å². The lowest BCUT2D eigenvalue weighted by Gasteiger charge is -2.29. The Morgan fingerprint density at radius 3 is 2.80 bits per heavy atom. The molecule has 0 saturated carbocycles. The molecule has 4 heteroatoms. The molecule has 0 atom stereocenters. The van der Waals surface area contributed by atoms with Gasteiger partial charge in [-0.05, 0) is 24.0 Å². The minimum atomic E-state index is 0.0535. The molecule has 0 saturated heterocycles. The van der Waals surface area contributed by atoms with Crippen LogP contribution in [0.2, 0.25) is 0 Å². The van der Waals surface area contributed by atoms with Crippen LogP contribution in [0.5, 0.6) is 0 Å². The smallest absolute Gasteiger partial charge is 0.227 e. The summed E-state index contributed by atoms with van der Waals surface area (Å²) in [5.74, 6) is 0.548. The standard InChI is InChI=1S/C16H22N2O2/c1-12(2)11-15(19)17-9-10-18-14-6-4-3-5-13(14)7-8-16(18)20/h3-6,12H,7-11H2,1-2H3,(H,17,19). The van der Waals surface area contributed by atoms with Gasteiger partial charge < -0.3 is 10.2 Å². The molecule has 1 heterocycles. The molecule has 0 aromatic heterocycles. The topological polar surface area (TPSA) is 49.4 Å². The van der Waals surface area contributed by atoms with Crippen molar-refractivity contribution in [3.63, 3.8) is 0 Å². The van der Waals surface area contributed by atoms with Crippen LogP contribution in [-0.4, -0.2) is 24.9 Å². The van der Waals surface area contributed by atoms with Gasteiger partial charge in [-0.2, -0.15) is 0 Å². The third-order valence-corrected chi connectivity index (χ3v) is 3.44. The largest absolute Gasteiger partial charge is 0.354 e. The Morgan fingerprint density at radius 1 is 1.30 bits per heavy atom. The van der Waals surface area contributed by atoms with E-state index in [0.29, 0.717) is 31.8 Å². The van der Waals surface area contributed by atoms with Gasteiger partial charge in [-0.1, -0.05) is 32.0 Å². The highest BCUT2D eigenvalue weighted by Gasteiger charge is 2.23. The second-order valence-corrected chi connectivity index (χ2v) is 5.62. The monoisotopic (exact) mass is 274 g/mol. The van der Waals surface area contributed by atoms with E-state index in [1.165, 1.54) is 5.56 Å². The minimum absolute atomic E-state index is 0.0535. The maximum absolute atomic E-state index is 12.0. The number of nitrogens with zero attached hydrogens (tertiary/aromatic N) is 1. The maximum atomic E-state index is 12.0. The van der Waals surface area contributed by atoms with Crippen molar-refractivity contribution in [3.05, 3.63) is 29.8 Å². The molecule has 108 valence electrons. The van der Waals surface area contributed by atoms with Crippen molar-refractivity contribution in [2.75, 3.05) is 18.0 Å². The Kier molecular flexibility index (Phi) is 4.77. The highest BCUT2D eigenvalue weighted by Crippen LogP contribution is 2.26. The zero-order chi connectivity index (χ0) is 14.5. The Bertz CT molecular complexity index is 497. The molecular formula is C16H22N2O2. The van der Waals surface area contributed by atoms with Gasteiger partial charge in [0.15, 0.2) is 0 Å². The van der Waals surface area contributed by atoms with E-state index >= 15 is 0 Å². The first-order chi connectivity index (χ1) is 9.58. The molecule has 0 fully saturated rings. The number of benzene rings is 1. The molecule has 0 aliphatic carbocycles. The lowest BCUT2D eigenvalue weighted by Crippen LogP contribution is -2.41. The minimum Gasteiger partial charge on any atom is -0.354 e. The van der Waals surface area contributed by atoms with E-state index in [0.717, 1.165) is 12.1 Å². The lowest BCUT2D eigenvalue weighted by atomic mass is 10.0. The van der Waals surface area contributed by atoms with Crippen LogP contribution in [0.1, 0.15) is 32.3 Å². The van der Waals surface area contributed by atoms with Gasteiger partial charge in [0.05, 0.1) is 0 Å². The zero-order valence-corrected chi connectivity index (χ0v) is 12.2. The molecule has 1 aromatic rings. The van der Waals surface area contributed by atoms with Crippen LogP contribution in [0.4, 0.5) is 5.69 Å². The normalized spacial score (nSPS) is 14.3. The van der Waals surface area contributed by atoms with Gasteiger partial charge in [-0.25, -0.2) is 0 Å². The van der Waals surface area contributed by atoms with Gasteiger partial charge in [-0.3, -0.25) is 9.59 Å². The summed E-state index contributed by atoms with van der Waals surface area (Å²) in [5.41, 5.74) is 2.20. The van der Waals surface area contributed by atoms with Gasteiger partial charge in [0, 0.05) is 31.6 Å². The number of anilines is 1. The SMILES string of the molecule is CC(C)CC(=O)NCCN1C(=O)CCc2ccccc21. The average molecular weight is 274 g/mol. The average Bonchev–Trinajstić information content (AvgIpc) is 2.40. The van der Waals surface area contributed by atoms with Crippen LogP contribution in [0.3, 0.4) is 0 Å². The molecule has 2 amide bonds. The molecule has 0 unspecified atom stereocenters. The predicted molar refractivity (Wildman–Crippen MR) is 79.6 cm³/mol. The Morgan fingerprint density at radius 2 is 2.05 bits per heavy atom. The number of rotatable bonds is 5. The molecule has 1 aliphatic heterocycles. The van der Waals surface area contributed by atoms with E-state index in [9.17, 15) is 9.59 Å². The quantitative estimate of drug-likeness (QED) is 0.894. The molecule has 2 rings (SSSR count). The van der Waals surface area contributed by atoms with Gasteiger partial charge in [0.2, 0.25) is 11.8 Å². The number of aryl methyl sites for hydroxylation is 1. The van der Waals surface area contributed by atoms with E-state index in [4.69, 9.17) is 0 Å². The highest BCUT2D eigenvalue weighted by molar-refractivity contribution is 5.96. The molecule has 4 nitrogen and oxygen atoms in total. The summed E-state index contributed by atoms with van der Waals surface area (Å²) < 4.78 is 0. The van der Waals surface area contributed by atoms with Crippen LogP contribution in [0, 0.1) is 5.92 Å². The summed E-state index contributed by atoms with van der Waals surface area (Å²) in [6.45, 7) is 5.08. The van der Waals surface area contributed by atoms with Crippen molar-refractivity contribution in [2.24, 2.45) is 5.92 Å². The molecule has 0 radical (unpaired) electrons. The third-order valence-electron chi connectivity index (χ3n) is 3.44. The fourth-order valence-corrected chi connectivity index (χ4v) is 2.49. The van der Waals surface area contributed by atoms with Crippen molar-refractivity contribution >= 4 is 17.5 Å². The number of amides is 2. The number of para-hydroxylation sites is 1. The van der Waals surface area contributed by atoms with E-state index in [-0.39, 0.29) is 11.8 Å². The van der Waals surface area contributed by atoms with Gasteiger partial charge >= 0.3 is 0 Å². The number of carbonyl (C=O) groups excluding carboxylic acids is 2. The fourth-order valence-electron chi connectivity index (χ4n) is 2.49. The first kappa shape index (κ1) is 14.6. The van der Waals surface area contributed by atoms with E-state index in [1.807, 2.05) is 32.0 Å². The van der Waals surface area contributed by atoms with E-state index in [1.54, 1.807) is 4.90 Å². The first-order valence-corrected chi connectivity index (χ1v) is 7.23. The number of hydrogen-bond acceptors (Lipinski definition) is 2. The number of nitrogens with one attached hydrogen (secondary N) is 1. The summed E-state index contributed by atoms with van der Waals surface area (Å²) in [7, 11) is 0. The van der Waals surface area contributed by atoms with Crippen molar-refractivity contribution in [2.45, 2.75) is 33.1 Å². The van der Waals surface area contributed by atoms with Crippen LogP contribution in [0.15, 0.2) is 24.3 Å². The fraction of sp³-hybridized carbons (Fsp3) is 0.500. The first-order valence-electron chi connectivity index (χ1n) is 7.23. The van der Waals surface area contributed by atoms with Crippen molar-refractivity contribution in [1.29, 1.82) is 0 Å². The van der Waals surface area contributed by atoms with Crippen LogP contribution >= 0.6 is 0 Å². The number of carbonyl (C=O) groups is 2. The number of fused-ring (bicyclic) bond motifs is 1. The molecule has 1 aliphatic rings. The van der Waals surface area contributed by atoms with Crippen molar-refractivity contribution in [3.8, 4) is 0 Å². The third kappa shape index (κ3) is 3.59. The molecular weight excluding hydrogens is 252 g/mol. The Hall–Kier alpha value is -1.84. The van der Waals surface area contributed by atoms with E-state index < -0.39 is 0 Å². The van der Waals surface area contributed by atoms with Gasteiger partial charge in [-0.15, -0.1) is 0 Å². The maximum Gasteiger partial charge on any atom is 0.227 e. The van der Waals surface area contributed by atoms with Crippen molar-refractivity contribution < 1.29 is 9.59 Å².